The number of aliphatic carboxylic acids is 1. The largest absolute Gasteiger partial charge is 0.480 e. The van der Waals surface area contributed by atoms with E-state index >= 15 is 0 Å². The number of amides is 1. The highest BCUT2D eigenvalue weighted by molar-refractivity contribution is 5.85. The number of carbonyl (C=O) groups excluding carboxylic acids is 1. The van der Waals surface area contributed by atoms with E-state index in [1.165, 1.54) is 32.1 Å². The van der Waals surface area contributed by atoms with Gasteiger partial charge in [0.15, 0.2) is 0 Å². The maximum absolute atomic E-state index is 12.3. The molecule has 1 saturated heterocycles. The van der Waals surface area contributed by atoms with Gasteiger partial charge in [-0.3, -0.25) is 4.79 Å². The first kappa shape index (κ1) is 17.0. The predicted octanol–water partition coefficient (Wildman–Crippen LogP) is 3.45. The van der Waals surface area contributed by atoms with Gasteiger partial charge in [-0.05, 0) is 19.3 Å². The lowest BCUT2D eigenvalue weighted by Crippen LogP contribution is -2.42. The molecule has 0 bridgehead atoms. The molecule has 1 aliphatic rings. The number of hydrogen-bond donors (Lipinski definition) is 1. The molecule has 0 aromatic rings. The lowest BCUT2D eigenvalue weighted by atomic mass is 10.00. The van der Waals surface area contributed by atoms with Gasteiger partial charge in [-0.1, -0.05) is 52.4 Å². The highest BCUT2D eigenvalue weighted by Gasteiger charge is 2.35. The molecule has 116 valence electrons. The Morgan fingerprint density at radius 3 is 2.50 bits per heavy atom. The molecular formula is C16H29NO3. The molecule has 0 radical (unpaired) electrons. The normalized spacial score (nSPS) is 20.1. The molecule has 4 heteroatoms. The maximum Gasteiger partial charge on any atom is 0.326 e. The summed E-state index contributed by atoms with van der Waals surface area (Å²) in [5.74, 6) is -0.868. The van der Waals surface area contributed by atoms with Crippen LogP contribution in [0.3, 0.4) is 0 Å². The van der Waals surface area contributed by atoms with Crippen molar-refractivity contribution < 1.29 is 14.7 Å². The Morgan fingerprint density at radius 2 is 1.85 bits per heavy atom. The Kier molecular flexibility index (Phi) is 7.63. The molecule has 1 amide bonds. The quantitative estimate of drug-likeness (QED) is 0.659. The summed E-state index contributed by atoms with van der Waals surface area (Å²) in [5.41, 5.74) is 0. The minimum Gasteiger partial charge on any atom is -0.480 e. The molecular weight excluding hydrogens is 254 g/mol. The van der Waals surface area contributed by atoms with E-state index in [0.29, 0.717) is 13.0 Å². The number of carbonyl (C=O) groups is 2. The van der Waals surface area contributed by atoms with Crippen molar-refractivity contribution in [3.8, 4) is 0 Å². The lowest BCUT2D eigenvalue weighted by Gasteiger charge is -2.24. The van der Waals surface area contributed by atoms with Gasteiger partial charge < -0.3 is 10.0 Å². The fourth-order valence-corrected chi connectivity index (χ4v) is 2.92. The van der Waals surface area contributed by atoms with Gasteiger partial charge in [0.2, 0.25) is 5.91 Å². The summed E-state index contributed by atoms with van der Waals surface area (Å²) >= 11 is 0. The van der Waals surface area contributed by atoms with Crippen LogP contribution < -0.4 is 0 Å². The standard InChI is InChI=1S/C16H29NO3/c1-3-4-5-6-7-8-10-13(2)15(18)17-12-9-11-14(17)16(19)20/h13-14H,3-12H2,1-2H3,(H,19,20). The second-order valence-corrected chi connectivity index (χ2v) is 5.99. The molecule has 4 nitrogen and oxygen atoms in total. The Balaban J connectivity index is 2.26. The zero-order valence-electron chi connectivity index (χ0n) is 12.9. The molecule has 1 fully saturated rings. The van der Waals surface area contributed by atoms with Crippen molar-refractivity contribution in [3.63, 3.8) is 0 Å². The van der Waals surface area contributed by atoms with Crippen LogP contribution in [-0.4, -0.2) is 34.5 Å². The molecule has 1 aliphatic heterocycles. The summed E-state index contributed by atoms with van der Waals surface area (Å²) in [6.07, 6.45) is 9.62. The fraction of sp³-hybridized carbons (Fsp3) is 0.875. The number of hydrogen-bond acceptors (Lipinski definition) is 2. The minimum atomic E-state index is -0.859. The summed E-state index contributed by atoms with van der Waals surface area (Å²) in [5, 5.41) is 9.12. The smallest absolute Gasteiger partial charge is 0.326 e. The Labute approximate surface area is 122 Å². The molecule has 1 N–H and O–H groups in total. The average molecular weight is 283 g/mol. The van der Waals surface area contributed by atoms with E-state index in [-0.39, 0.29) is 11.8 Å². The van der Waals surface area contributed by atoms with E-state index in [0.717, 1.165) is 19.3 Å². The van der Waals surface area contributed by atoms with Gasteiger partial charge in [0.1, 0.15) is 6.04 Å². The van der Waals surface area contributed by atoms with E-state index in [4.69, 9.17) is 5.11 Å². The monoisotopic (exact) mass is 283 g/mol. The molecule has 2 atom stereocenters. The van der Waals surface area contributed by atoms with Crippen LogP contribution in [0, 0.1) is 5.92 Å². The summed E-state index contributed by atoms with van der Waals surface area (Å²) in [6, 6.07) is -0.588. The van der Waals surface area contributed by atoms with Gasteiger partial charge >= 0.3 is 5.97 Å². The number of likely N-dealkylation sites (tertiary alicyclic amines) is 1. The summed E-state index contributed by atoms with van der Waals surface area (Å²) in [4.78, 5) is 25.0. The second kappa shape index (κ2) is 8.98. The predicted molar refractivity (Wildman–Crippen MR) is 79.5 cm³/mol. The minimum absolute atomic E-state index is 0.0310. The summed E-state index contributed by atoms with van der Waals surface area (Å²) < 4.78 is 0. The van der Waals surface area contributed by atoms with Crippen molar-refractivity contribution >= 4 is 11.9 Å². The number of unbranched alkanes of at least 4 members (excludes halogenated alkanes) is 5. The van der Waals surface area contributed by atoms with Crippen LogP contribution in [0.1, 0.15) is 71.6 Å². The van der Waals surface area contributed by atoms with Crippen LogP contribution in [-0.2, 0) is 9.59 Å². The van der Waals surface area contributed by atoms with Gasteiger partial charge in [0, 0.05) is 12.5 Å². The third-order valence-corrected chi connectivity index (χ3v) is 4.23. The maximum atomic E-state index is 12.3. The molecule has 0 aromatic carbocycles. The highest BCUT2D eigenvalue weighted by Crippen LogP contribution is 2.22. The first-order valence-corrected chi connectivity index (χ1v) is 8.11. The van der Waals surface area contributed by atoms with Gasteiger partial charge in [-0.25, -0.2) is 4.79 Å². The van der Waals surface area contributed by atoms with E-state index in [1.54, 1.807) is 4.90 Å². The molecule has 1 heterocycles. The van der Waals surface area contributed by atoms with E-state index in [1.807, 2.05) is 6.92 Å². The second-order valence-electron chi connectivity index (χ2n) is 5.99. The summed E-state index contributed by atoms with van der Waals surface area (Å²) in [7, 11) is 0. The number of nitrogens with zero attached hydrogens (tertiary/aromatic N) is 1. The van der Waals surface area contributed by atoms with Crippen LogP contribution in [0.2, 0.25) is 0 Å². The van der Waals surface area contributed by atoms with Gasteiger partial charge in [-0.15, -0.1) is 0 Å². The zero-order valence-corrected chi connectivity index (χ0v) is 12.9. The van der Waals surface area contributed by atoms with E-state index in [9.17, 15) is 9.59 Å². The Hall–Kier alpha value is -1.06. The van der Waals surface area contributed by atoms with Crippen LogP contribution in [0.15, 0.2) is 0 Å². The number of carboxylic acid groups (broad SMARTS) is 1. The van der Waals surface area contributed by atoms with E-state index < -0.39 is 12.0 Å². The van der Waals surface area contributed by atoms with Crippen molar-refractivity contribution in [1.82, 2.24) is 4.90 Å². The van der Waals surface area contributed by atoms with Gasteiger partial charge in [0.05, 0.1) is 0 Å². The van der Waals surface area contributed by atoms with Gasteiger partial charge in [-0.2, -0.15) is 0 Å². The van der Waals surface area contributed by atoms with Crippen molar-refractivity contribution in [1.29, 1.82) is 0 Å². The SMILES string of the molecule is CCCCCCCCC(C)C(=O)N1CCCC1C(=O)O. The third-order valence-electron chi connectivity index (χ3n) is 4.23. The first-order valence-electron chi connectivity index (χ1n) is 8.11. The Bertz CT molecular complexity index is 317. The number of rotatable bonds is 9. The third kappa shape index (κ3) is 5.14. The first-order chi connectivity index (χ1) is 9.57. The molecule has 1 rings (SSSR count). The van der Waals surface area contributed by atoms with Crippen molar-refractivity contribution in [3.05, 3.63) is 0 Å². The summed E-state index contributed by atoms with van der Waals surface area (Å²) in [6.45, 7) is 4.75. The zero-order chi connectivity index (χ0) is 15.0. The van der Waals surface area contributed by atoms with Crippen LogP contribution in [0.25, 0.3) is 0 Å². The molecule has 20 heavy (non-hydrogen) atoms. The molecule has 0 aromatic heterocycles. The van der Waals surface area contributed by atoms with Crippen molar-refractivity contribution in [2.75, 3.05) is 6.54 Å². The topological polar surface area (TPSA) is 57.6 Å². The lowest BCUT2D eigenvalue weighted by molar-refractivity contribution is -0.149. The molecule has 0 aliphatic carbocycles. The molecule has 2 unspecified atom stereocenters. The van der Waals surface area contributed by atoms with Gasteiger partial charge in [0.25, 0.3) is 0 Å². The van der Waals surface area contributed by atoms with Crippen molar-refractivity contribution in [2.45, 2.75) is 77.7 Å². The van der Waals surface area contributed by atoms with E-state index in [2.05, 4.69) is 6.92 Å². The van der Waals surface area contributed by atoms with Crippen LogP contribution in [0.4, 0.5) is 0 Å². The van der Waals surface area contributed by atoms with Crippen LogP contribution >= 0.6 is 0 Å². The molecule has 0 saturated carbocycles. The van der Waals surface area contributed by atoms with Crippen molar-refractivity contribution in [2.24, 2.45) is 5.92 Å². The Morgan fingerprint density at radius 1 is 1.20 bits per heavy atom. The number of carboxylic acids is 1. The average Bonchev–Trinajstić information content (AvgIpc) is 2.91. The van der Waals surface area contributed by atoms with Crippen LogP contribution in [0.5, 0.6) is 0 Å². The molecule has 0 spiro atoms. The highest BCUT2D eigenvalue weighted by atomic mass is 16.4. The fourth-order valence-electron chi connectivity index (χ4n) is 2.92.